The van der Waals surface area contributed by atoms with E-state index in [0.29, 0.717) is 5.89 Å². The van der Waals surface area contributed by atoms with Gasteiger partial charge in [0.2, 0.25) is 11.8 Å². The Bertz CT molecular complexity index is 492. The normalized spacial score (nSPS) is 17.6. The van der Waals surface area contributed by atoms with E-state index in [4.69, 9.17) is 4.52 Å². The predicted octanol–water partition coefficient (Wildman–Crippen LogP) is 1.54. The molecule has 1 aromatic rings. The Morgan fingerprint density at radius 1 is 1.25 bits per heavy atom. The molecule has 0 aromatic carbocycles. The second kappa shape index (κ2) is 10.9. The van der Waals surface area contributed by atoms with Crippen molar-refractivity contribution in [1.82, 2.24) is 25.3 Å². The molecule has 1 aliphatic heterocycles. The number of rotatable bonds is 6. The molecule has 2 atom stereocenters. The number of aromatic nitrogens is 2. The topological polar surface area (TPSA) is 74.5 Å². The van der Waals surface area contributed by atoms with Gasteiger partial charge in [0.05, 0.1) is 6.04 Å². The Balaban J connectivity index is 0.00000264. The first-order valence-corrected chi connectivity index (χ1v) is 8.06. The average molecular weight is 382 g/mol. The number of piperazine rings is 1. The molecular formula is C15H29Cl2N5O2. The maximum absolute atomic E-state index is 12.3. The van der Waals surface area contributed by atoms with E-state index in [1.165, 1.54) is 0 Å². The summed E-state index contributed by atoms with van der Waals surface area (Å²) in [5.74, 6) is 1.67. The van der Waals surface area contributed by atoms with E-state index < -0.39 is 0 Å². The van der Waals surface area contributed by atoms with Crippen molar-refractivity contribution in [2.24, 2.45) is 5.92 Å². The van der Waals surface area contributed by atoms with Crippen molar-refractivity contribution in [1.29, 1.82) is 0 Å². The zero-order chi connectivity index (χ0) is 16.1. The molecule has 2 heterocycles. The number of carbonyl (C=O) groups excluding carboxylic acids is 1. The molecule has 0 bridgehead atoms. The van der Waals surface area contributed by atoms with Crippen molar-refractivity contribution < 1.29 is 9.32 Å². The van der Waals surface area contributed by atoms with Gasteiger partial charge in [-0.05, 0) is 14.0 Å². The number of hydrogen-bond acceptors (Lipinski definition) is 6. The molecule has 2 rings (SSSR count). The third-order valence-corrected chi connectivity index (χ3v) is 4.26. The SMILES string of the molecule is CCc1noc(C(C)N2CCN(C(=O)C(C)CNC)CC2)n1.Cl.Cl. The van der Waals surface area contributed by atoms with Gasteiger partial charge in [-0.15, -0.1) is 24.8 Å². The van der Waals surface area contributed by atoms with Crippen LogP contribution >= 0.6 is 24.8 Å². The molecule has 9 heteroatoms. The lowest BCUT2D eigenvalue weighted by molar-refractivity contribution is -0.137. The quantitative estimate of drug-likeness (QED) is 0.805. The monoisotopic (exact) mass is 381 g/mol. The Labute approximate surface area is 156 Å². The molecule has 0 spiro atoms. The summed E-state index contributed by atoms with van der Waals surface area (Å²) in [4.78, 5) is 21.0. The van der Waals surface area contributed by atoms with Crippen LogP contribution in [-0.4, -0.2) is 65.6 Å². The number of aryl methyl sites for hydroxylation is 1. The number of amides is 1. The van der Waals surface area contributed by atoms with Crippen molar-refractivity contribution in [3.63, 3.8) is 0 Å². The minimum Gasteiger partial charge on any atom is -0.340 e. The van der Waals surface area contributed by atoms with Crippen LogP contribution in [-0.2, 0) is 11.2 Å². The van der Waals surface area contributed by atoms with Crippen LogP contribution in [0.2, 0.25) is 0 Å². The fourth-order valence-electron chi connectivity index (χ4n) is 2.77. The van der Waals surface area contributed by atoms with E-state index in [-0.39, 0.29) is 42.7 Å². The second-order valence-electron chi connectivity index (χ2n) is 5.90. The third kappa shape index (κ3) is 5.58. The molecule has 1 aromatic heterocycles. The molecule has 7 nitrogen and oxygen atoms in total. The number of halogens is 2. The molecule has 24 heavy (non-hydrogen) atoms. The van der Waals surface area contributed by atoms with E-state index >= 15 is 0 Å². The highest BCUT2D eigenvalue weighted by atomic mass is 35.5. The molecule has 1 saturated heterocycles. The predicted molar refractivity (Wildman–Crippen MR) is 97.8 cm³/mol. The molecule has 0 radical (unpaired) electrons. The summed E-state index contributed by atoms with van der Waals surface area (Å²) in [6.07, 6.45) is 0.780. The van der Waals surface area contributed by atoms with Crippen LogP contribution in [0.15, 0.2) is 4.52 Å². The van der Waals surface area contributed by atoms with E-state index in [1.54, 1.807) is 0 Å². The lowest BCUT2D eigenvalue weighted by atomic mass is 10.1. The van der Waals surface area contributed by atoms with Crippen LogP contribution in [0.25, 0.3) is 0 Å². The first kappa shape index (κ1) is 23.1. The number of hydrogen-bond donors (Lipinski definition) is 1. The Morgan fingerprint density at radius 3 is 2.38 bits per heavy atom. The van der Waals surface area contributed by atoms with Crippen LogP contribution in [0.4, 0.5) is 0 Å². The van der Waals surface area contributed by atoms with Gasteiger partial charge in [0.15, 0.2) is 5.82 Å². The lowest BCUT2D eigenvalue weighted by Gasteiger charge is -2.37. The minimum atomic E-state index is 0. The number of nitrogens with one attached hydrogen (secondary N) is 1. The summed E-state index contributed by atoms with van der Waals surface area (Å²) >= 11 is 0. The Hall–Kier alpha value is -0.890. The molecule has 2 unspecified atom stereocenters. The van der Waals surface area contributed by atoms with Crippen molar-refractivity contribution >= 4 is 30.7 Å². The Kier molecular flexibility index (Phi) is 10.5. The molecule has 0 saturated carbocycles. The molecule has 140 valence electrons. The molecule has 1 aliphatic rings. The zero-order valence-electron chi connectivity index (χ0n) is 14.8. The first-order chi connectivity index (χ1) is 10.6. The van der Waals surface area contributed by atoms with Crippen molar-refractivity contribution in [3.8, 4) is 0 Å². The number of nitrogens with zero attached hydrogens (tertiary/aromatic N) is 4. The van der Waals surface area contributed by atoms with Gasteiger partial charge in [-0.25, -0.2) is 0 Å². The maximum atomic E-state index is 12.3. The third-order valence-electron chi connectivity index (χ3n) is 4.26. The smallest absolute Gasteiger partial charge is 0.243 e. The number of carbonyl (C=O) groups is 1. The Morgan fingerprint density at radius 2 is 1.88 bits per heavy atom. The summed E-state index contributed by atoms with van der Waals surface area (Å²) < 4.78 is 5.32. The largest absolute Gasteiger partial charge is 0.340 e. The first-order valence-electron chi connectivity index (χ1n) is 8.06. The van der Waals surface area contributed by atoms with Crippen LogP contribution in [0.5, 0.6) is 0 Å². The molecule has 1 N–H and O–H groups in total. The van der Waals surface area contributed by atoms with Gasteiger partial charge in [-0.2, -0.15) is 4.98 Å². The van der Waals surface area contributed by atoms with Gasteiger partial charge in [-0.3, -0.25) is 9.69 Å². The van der Waals surface area contributed by atoms with E-state index in [0.717, 1.165) is 45.0 Å². The van der Waals surface area contributed by atoms with Crippen LogP contribution < -0.4 is 5.32 Å². The summed E-state index contributed by atoms with van der Waals surface area (Å²) in [7, 11) is 1.87. The van der Waals surface area contributed by atoms with Crippen molar-refractivity contribution in [2.45, 2.75) is 33.2 Å². The fourth-order valence-corrected chi connectivity index (χ4v) is 2.77. The van der Waals surface area contributed by atoms with Crippen LogP contribution in [0, 0.1) is 5.92 Å². The minimum absolute atomic E-state index is 0. The van der Waals surface area contributed by atoms with Gasteiger partial charge in [-0.1, -0.05) is 19.0 Å². The standard InChI is InChI=1S/C15H27N5O2.2ClH/c1-5-13-17-14(22-18-13)12(3)19-6-8-20(9-7-19)15(21)11(2)10-16-4;;/h11-12,16H,5-10H2,1-4H3;2*1H. The van der Waals surface area contributed by atoms with Crippen LogP contribution in [0.3, 0.4) is 0 Å². The highest BCUT2D eigenvalue weighted by molar-refractivity contribution is 5.85. The van der Waals surface area contributed by atoms with Gasteiger partial charge in [0.25, 0.3) is 0 Å². The lowest BCUT2D eigenvalue weighted by Crippen LogP contribution is -2.51. The molecular weight excluding hydrogens is 353 g/mol. The summed E-state index contributed by atoms with van der Waals surface area (Å²) in [6, 6.07) is 0.0970. The summed E-state index contributed by atoms with van der Waals surface area (Å²) in [6.45, 7) is 9.96. The van der Waals surface area contributed by atoms with Gasteiger partial charge in [0.1, 0.15) is 0 Å². The summed E-state index contributed by atoms with van der Waals surface area (Å²) in [5, 5.41) is 7.01. The van der Waals surface area contributed by atoms with Crippen LogP contribution in [0.1, 0.15) is 38.5 Å². The van der Waals surface area contributed by atoms with E-state index in [2.05, 4.69) is 27.3 Å². The fraction of sp³-hybridized carbons (Fsp3) is 0.800. The maximum Gasteiger partial charge on any atom is 0.243 e. The zero-order valence-corrected chi connectivity index (χ0v) is 16.5. The van der Waals surface area contributed by atoms with Crippen molar-refractivity contribution in [3.05, 3.63) is 11.7 Å². The van der Waals surface area contributed by atoms with Gasteiger partial charge < -0.3 is 14.7 Å². The summed E-state index contributed by atoms with van der Waals surface area (Å²) in [5.41, 5.74) is 0. The highest BCUT2D eigenvalue weighted by Gasteiger charge is 2.28. The van der Waals surface area contributed by atoms with E-state index in [1.807, 2.05) is 25.8 Å². The molecule has 1 amide bonds. The molecule has 0 aliphatic carbocycles. The second-order valence-corrected chi connectivity index (χ2v) is 5.90. The molecule has 1 fully saturated rings. The van der Waals surface area contributed by atoms with E-state index in [9.17, 15) is 4.79 Å². The highest BCUT2D eigenvalue weighted by Crippen LogP contribution is 2.20. The van der Waals surface area contributed by atoms with Gasteiger partial charge >= 0.3 is 0 Å². The average Bonchev–Trinajstić information content (AvgIpc) is 3.03. The van der Waals surface area contributed by atoms with Gasteiger partial charge in [0, 0.05) is 45.1 Å². The van der Waals surface area contributed by atoms with Crippen molar-refractivity contribution in [2.75, 3.05) is 39.8 Å².